The Morgan fingerprint density at radius 1 is 1.39 bits per heavy atom. The SMILES string of the molecule is Cc1ncn(Cc2cccc(N)c2C)c(=O)c1I. The summed E-state index contributed by atoms with van der Waals surface area (Å²) in [5.41, 5.74) is 9.42. The highest BCUT2D eigenvalue weighted by Crippen LogP contribution is 2.16. The molecule has 0 saturated carbocycles. The fraction of sp³-hybridized carbons (Fsp3) is 0.231. The standard InChI is InChI=1S/C13H14IN3O/c1-8-10(4-3-5-11(8)15)6-17-7-16-9(2)12(14)13(17)18/h3-5,7H,6,15H2,1-2H3. The number of anilines is 1. The van der Waals surface area contributed by atoms with Crippen LogP contribution in [0.3, 0.4) is 0 Å². The third-order valence-corrected chi connectivity index (χ3v) is 4.23. The Kier molecular flexibility index (Phi) is 3.70. The maximum absolute atomic E-state index is 12.1. The Labute approximate surface area is 119 Å². The molecule has 0 aliphatic carbocycles. The summed E-state index contributed by atoms with van der Waals surface area (Å²) < 4.78 is 2.27. The number of halogens is 1. The van der Waals surface area contributed by atoms with E-state index in [1.807, 2.05) is 54.6 Å². The van der Waals surface area contributed by atoms with Crippen LogP contribution in [0.5, 0.6) is 0 Å². The Morgan fingerprint density at radius 2 is 2.11 bits per heavy atom. The highest BCUT2D eigenvalue weighted by molar-refractivity contribution is 14.1. The molecule has 1 heterocycles. The molecule has 0 atom stereocenters. The van der Waals surface area contributed by atoms with Gasteiger partial charge in [-0.05, 0) is 53.6 Å². The number of nitrogen functional groups attached to an aromatic ring is 1. The van der Waals surface area contributed by atoms with Crippen LogP contribution in [0.15, 0.2) is 29.3 Å². The largest absolute Gasteiger partial charge is 0.399 e. The second-order valence-corrected chi connectivity index (χ2v) is 5.29. The van der Waals surface area contributed by atoms with Crippen LogP contribution in [0.4, 0.5) is 5.69 Å². The van der Waals surface area contributed by atoms with Gasteiger partial charge in [-0.15, -0.1) is 0 Å². The third kappa shape index (κ3) is 2.40. The van der Waals surface area contributed by atoms with Crippen molar-refractivity contribution in [3.05, 3.63) is 55.3 Å². The van der Waals surface area contributed by atoms with Gasteiger partial charge in [0.2, 0.25) is 0 Å². The number of aromatic nitrogens is 2. The molecule has 0 aliphatic rings. The van der Waals surface area contributed by atoms with Crippen molar-refractivity contribution in [1.29, 1.82) is 0 Å². The highest BCUT2D eigenvalue weighted by atomic mass is 127. The van der Waals surface area contributed by atoms with Crippen LogP contribution in [0, 0.1) is 17.4 Å². The fourth-order valence-corrected chi connectivity index (χ4v) is 2.17. The number of hydrogen-bond donors (Lipinski definition) is 1. The topological polar surface area (TPSA) is 60.9 Å². The predicted octanol–water partition coefficient (Wildman–Crippen LogP) is 2.10. The predicted molar refractivity (Wildman–Crippen MR) is 80.6 cm³/mol. The van der Waals surface area contributed by atoms with Gasteiger partial charge in [0.1, 0.15) is 0 Å². The number of benzene rings is 1. The lowest BCUT2D eigenvalue weighted by atomic mass is 10.1. The summed E-state index contributed by atoms with van der Waals surface area (Å²) in [5, 5.41) is 0. The van der Waals surface area contributed by atoms with Crippen molar-refractivity contribution in [1.82, 2.24) is 9.55 Å². The molecule has 0 bridgehead atoms. The molecule has 0 radical (unpaired) electrons. The lowest BCUT2D eigenvalue weighted by Gasteiger charge is -2.11. The zero-order chi connectivity index (χ0) is 13.3. The molecular weight excluding hydrogens is 341 g/mol. The Hall–Kier alpha value is -1.37. The average Bonchev–Trinajstić information content (AvgIpc) is 2.35. The summed E-state index contributed by atoms with van der Waals surface area (Å²) in [5.74, 6) is 0. The van der Waals surface area contributed by atoms with E-state index in [0.717, 1.165) is 22.5 Å². The smallest absolute Gasteiger partial charge is 0.267 e. The van der Waals surface area contributed by atoms with Gasteiger partial charge in [-0.2, -0.15) is 0 Å². The van der Waals surface area contributed by atoms with Gasteiger partial charge in [0.25, 0.3) is 5.56 Å². The number of nitrogens with two attached hydrogens (primary N) is 1. The Bertz CT molecular complexity index is 649. The van der Waals surface area contributed by atoms with E-state index in [2.05, 4.69) is 4.98 Å². The molecular formula is C13H14IN3O. The van der Waals surface area contributed by atoms with Gasteiger partial charge in [-0.1, -0.05) is 12.1 Å². The van der Waals surface area contributed by atoms with Gasteiger partial charge in [0, 0.05) is 5.69 Å². The van der Waals surface area contributed by atoms with Gasteiger partial charge in [0.15, 0.2) is 0 Å². The van der Waals surface area contributed by atoms with E-state index in [0.29, 0.717) is 10.1 Å². The van der Waals surface area contributed by atoms with Crippen molar-refractivity contribution in [3.8, 4) is 0 Å². The van der Waals surface area contributed by atoms with E-state index >= 15 is 0 Å². The molecule has 2 rings (SSSR count). The maximum atomic E-state index is 12.1. The van der Waals surface area contributed by atoms with Crippen LogP contribution in [0.1, 0.15) is 16.8 Å². The summed E-state index contributed by atoms with van der Waals surface area (Å²) in [7, 11) is 0. The minimum absolute atomic E-state index is 0.00933. The maximum Gasteiger partial charge on any atom is 0.267 e. The number of hydrogen-bond acceptors (Lipinski definition) is 3. The second-order valence-electron chi connectivity index (χ2n) is 4.21. The molecule has 0 aliphatic heterocycles. The molecule has 1 aromatic carbocycles. The Balaban J connectivity index is 2.44. The molecule has 0 spiro atoms. The summed E-state index contributed by atoms with van der Waals surface area (Å²) in [6.45, 7) is 4.29. The molecule has 0 unspecified atom stereocenters. The molecule has 0 saturated heterocycles. The lowest BCUT2D eigenvalue weighted by Crippen LogP contribution is -2.24. The van der Waals surface area contributed by atoms with E-state index in [-0.39, 0.29) is 5.56 Å². The number of nitrogens with zero attached hydrogens (tertiary/aromatic N) is 2. The lowest BCUT2D eigenvalue weighted by molar-refractivity contribution is 0.721. The van der Waals surface area contributed by atoms with Crippen LogP contribution in [0.2, 0.25) is 0 Å². The van der Waals surface area contributed by atoms with Crippen LogP contribution >= 0.6 is 22.6 Å². The van der Waals surface area contributed by atoms with Gasteiger partial charge < -0.3 is 5.73 Å². The Morgan fingerprint density at radius 3 is 2.83 bits per heavy atom. The fourth-order valence-electron chi connectivity index (χ4n) is 1.72. The minimum atomic E-state index is -0.00933. The first-order valence-corrected chi connectivity index (χ1v) is 6.64. The van der Waals surface area contributed by atoms with Crippen molar-refractivity contribution in [2.45, 2.75) is 20.4 Å². The molecule has 5 heteroatoms. The van der Waals surface area contributed by atoms with E-state index in [1.165, 1.54) is 0 Å². The molecule has 18 heavy (non-hydrogen) atoms. The van der Waals surface area contributed by atoms with Gasteiger partial charge in [-0.25, -0.2) is 4.98 Å². The molecule has 4 nitrogen and oxygen atoms in total. The van der Waals surface area contributed by atoms with Crippen LogP contribution in [-0.4, -0.2) is 9.55 Å². The zero-order valence-electron chi connectivity index (χ0n) is 10.3. The monoisotopic (exact) mass is 355 g/mol. The first-order chi connectivity index (χ1) is 8.50. The van der Waals surface area contributed by atoms with Crippen LogP contribution in [0.25, 0.3) is 0 Å². The van der Waals surface area contributed by atoms with E-state index in [1.54, 1.807) is 10.9 Å². The summed E-state index contributed by atoms with van der Waals surface area (Å²) in [6, 6.07) is 5.74. The first-order valence-electron chi connectivity index (χ1n) is 5.56. The molecule has 2 N–H and O–H groups in total. The van der Waals surface area contributed by atoms with Crippen molar-refractivity contribution in [2.24, 2.45) is 0 Å². The molecule has 1 aromatic heterocycles. The number of aryl methyl sites for hydroxylation is 1. The van der Waals surface area contributed by atoms with E-state index in [9.17, 15) is 4.79 Å². The van der Waals surface area contributed by atoms with Gasteiger partial charge in [0.05, 0.1) is 22.1 Å². The van der Waals surface area contributed by atoms with Crippen LogP contribution < -0.4 is 11.3 Å². The summed E-state index contributed by atoms with van der Waals surface area (Å²) >= 11 is 2.03. The quantitative estimate of drug-likeness (QED) is 0.663. The van der Waals surface area contributed by atoms with Crippen molar-refractivity contribution in [2.75, 3.05) is 5.73 Å². The zero-order valence-corrected chi connectivity index (χ0v) is 12.4. The van der Waals surface area contributed by atoms with E-state index < -0.39 is 0 Å². The molecule has 0 fully saturated rings. The molecule has 0 amide bonds. The first kappa shape index (κ1) is 13.1. The average molecular weight is 355 g/mol. The van der Waals surface area contributed by atoms with Crippen molar-refractivity contribution < 1.29 is 0 Å². The summed E-state index contributed by atoms with van der Waals surface area (Å²) in [4.78, 5) is 16.3. The van der Waals surface area contributed by atoms with E-state index in [4.69, 9.17) is 5.73 Å². The van der Waals surface area contributed by atoms with Crippen molar-refractivity contribution >= 4 is 28.3 Å². The van der Waals surface area contributed by atoms with Gasteiger partial charge in [-0.3, -0.25) is 9.36 Å². The minimum Gasteiger partial charge on any atom is -0.399 e. The van der Waals surface area contributed by atoms with Gasteiger partial charge >= 0.3 is 0 Å². The summed E-state index contributed by atoms with van der Waals surface area (Å²) in [6.07, 6.45) is 1.59. The molecule has 2 aromatic rings. The normalized spacial score (nSPS) is 10.6. The van der Waals surface area contributed by atoms with Crippen LogP contribution in [-0.2, 0) is 6.54 Å². The highest BCUT2D eigenvalue weighted by Gasteiger charge is 2.07. The third-order valence-electron chi connectivity index (χ3n) is 2.99. The molecule has 94 valence electrons. The number of rotatable bonds is 2. The second kappa shape index (κ2) is 5.09. The van der Waals surface area contributed by atoms with Crippen molar-refractivity contribution in [3.63, 3.8) is 0 Å².